The van der Waals surface area contributed by atoms with Crippen molar-refractivity contribution < 1.29 is 4.74 Å². The van der Waals surface area contributed by atoms with Gasteiger partial charge in [-0.15, -0.1) is 0 Å². The number of aromatic nitrogens is 4. The molecule has 0 spiro atoms. The van der Waals surface area contributed by atoms with Gasteiger partial charge in [-0.2, -0.15) is 5.10 Å². The van der Waals surface area contributed by atoms with Crippen LogP contribution >= 0.6 is 11.6 Å². The fraction of sp³-hybridized carbons (Fsp3) is 0.643. The van der Waals surface area contributed by atoms with E-state index < -0.39 is 0 Å². The lowest BCUT2D eigenvalue weighted by molar-refractivity contribution is 0.0958. The molecule has 0 radical (unpaired) electrons. The van der Waals surface area contributed by atoms with E-state index in [1.165, 1.54) is 0 Å². The Morgan fingerprint density at radius 1 is 1.33 bits per heavy atom. The van der Waals surface area contributed by atoms with Crippen LogP contribution in [-0.2, 0) is 18.3 Å². The summed E-state index contributed by atoms with van der Waals surface area (Å²) in [5.74, 6) is 1.44. The normalized spacial score (nSPS) is 17.7. The number of hydrogen-bond donors (Lipinski definition) is 0. The van der Waals surface area contributed by atoms with Crippen molar-refractivity contribution in [1.29, 1.82) is 0 Å². The van der Waals surface area contributed by atoms with Gasteiger partial charge in [-0.25, -0.2) is 9.97 Å². The van der Waals surface area contributed by atoms with Crippen LogP contribution in [0.2, 0.25) is 5.15 Å². The molecule has 0 aliphatic carbocycles. The molecule has 2 aromatic heterocycles. The quantitative estimate of drug-likeness (QED) is 0.807. The first-order valence-electron chi connectivity index (χ1n) is 7.23. The van der Waals surface area contributed by atoms with Crippen LogP contribution in [0.4, 0.5) is 0 Å². The third-order valence-electron chi connectivity index (χ3n) is 4.07. The minimum Gasteiger partial charge on any atom is -0.384 e. The molecule has 0 N–H and O–H groups in total. The molecule has 0 unspecified atom stereocenters. The second kappa shape index (κ2) is 6.25. The van der Waals surface area contributed by atoms with E-state index in [4.69, 9.17) is 16.3 Å². The van der Waals surface area contributed by atoms with Crippen molar-refractivity contribution in [3.05, 3.63) is 17.2 Å². The minimum absolute atomic E-state index is 0.484. The second-order valence-electron chi connectivity index (χ2n) is 5.61. The summed E-state index contributed by atoms with van der Waals surface area (Å²) in [5, 5.41) is 5.47. The molecule has 1 aliphatic rings. The summed E-state index contributed by atoms with van der Waals surface area (Å²) in [6, 6.07) is 0. The van der Waals surface area contributed by atoms with Gasteiger partial charge < -0.3 is 4.74 Å². The van der Waals surface area contributed by atoms with E-state index in [-0.39, 0.29) is 0 Å². The maximum absolute atomic E-state index is 6.22. The second-order valence-corrected chi connectivity index (χ2v) is 5.97. The van der Waals surface area contributed by atoms with Crippen molar-refractivity contribution in [3.63, 3.8) is 0 Å². The molecule has 3 heterocycles. The predicted molar refractivity (Wildman–Crippen MR) is 81.2 cm³/mol. The van der Waals surface area contributed by atoms with Gasteiger partial charge in [0.25, 0.3) is 0 Å². The molecule has 0 saturated carbocycles. The highest BCUT2D eigenvalue weighted by Gasteiger charge is 2.20. The lowest BCUT2D eigenvalue weighted by Crippen LogP contribution is -2.35. The zero-order valence-corrected chi connectivity index (χ0v) is 13.2. The molecule has 6 nitrogen and oxygen atoms in total. The Hall–Kier alpha value is -1.24. The fourth-order valence-corrected chi connectivity index (χ4v) is 3.08. The van der Waals surface area contributed by atoms with E-state index in [2.05, 4.69) is 20.0 Å². The number of nitrogens with zero attached hydrogens (tertiary/aromatic N) is 5. The van der Waals surface area contributed by atoms with E-state index in [0.717, 1.165) is 55.9 Å². The van der Waals surface area contributed by atoms with Gasteiger partial charge in [0.05, 0.1) is 18.1 Å². The highest BCUT2D eigenvalue weighted by Crippen LogP contribution is 2.22. The first-order valence-corrected chi connectivity index (χ1v) is 7.60. The topological polar surface area (TPSA) is 56.1 Å². The van der Waals surface area contributed by atoms with Crippen LogP contribution in [0.1, 0.15) is 18.7 Å². The first kappa shape index (κ1) is 14.7. The molecule has 1 saturated heterocycles. The van der Waals surface area contributed by atoms with Crippen LogP contribution in [0.3, 0.4) is 0 Å². The molecule has 0 bridgehead atoms. The average Bonchev–Trinajstić information content (AvgIpc) is 2.84. The average molecular weight is 310 g/mol. The van der Waals surface area contributed by atoms with Gasteiger partial charge in [0.15, 0.2) is 5.65 Å². The number of piperidine rings is 1. The zero-order valence-electron chi connectivity index (χ0n) is 12.4. The van der Waals surface area contributed by atoms with Gasteiger partial charge in [0.1, 0.15) is 11.0 Å². The van der Waals surface area contributed by atoms with E-state index in [1.807, 2.05) is 7.05 Å². The predicted octanol–water partition coefficient (Wildman–Crippen LogP) is 1.88. The molecule has 0 aromatic carbocycles. The van der Waals surface area contributed by atoms with Crippen LogP contribution in [0, 0.1) is 5.92 Å². The molecule has 3 rings (SSSR count). The summed E-state index contributed by atoms with van der Waals surface area (Å²) in [5.41, 5.74) is 0.791. The Kier molecular flexibility index (Phi) is 4.37. The maximum Gasteiger partial charge on any atom is 0.162 e. The fourth-order valence-electron chi connectivity index (χ4n) is 2.85. The molecule has 1 fully saturated rings. The van der Waals surface area contributed by atoms with E-state index in [0.29, 0.717) is 11.1 Å². The van der Waals surface area contributed by atoms with E-state index in [9.17, 15) is 0 Å². The molecule has 0 atom stereocenters. The Labute approximate surface area is 129 Å². The summed E-state index contributed by atoms with van der Waals surface area (Å²) in [6.07, 6.45) is 4.03. The molecule has 114 valence electrons. The van der Waals surface area contributed by atoms with E-state index >= 15 is 0 Å². The van der Waals surface area contributed by atoms with Crippen LogP contribution < -0.4 is 0 Å². The first-order chi connectivity index (χ1) is 10.2. The minimum atomic E-state index is 0.484. The van der Waals surface area contributed by atoms with Crippen LogP contribution in [0.25, 0.3) is 11.0 Å². The molecule has 7 heteroatoms. The molecule has 21 heavy (non-hydrogen) atoms. The van der Waals surface area contributed by atoms with Gasteiger partial charge in [-0.3, -0.25) is 9.58 Å². The lowest BCUT2D eigenvalue weighted by Gasteiger charge is -2.30. The summed E-state index contributed by atoms with van der Waals surface area (Å²) >= 11 is 6.22. The summed E-state index contributed by atoms with van der Waals surface area (Å²) in [4.78, 5) is 11.4. The number of fused-ring (bicyclic) bond motifs is 1. The largest absolute Gasteiger partial charge is 0.384 e. The van der Waals surface area contributed by atoms with Gasteiger partial charge >= 0.3 is 0 Å². The van der Waals surface area contributed by atoms with Crippen molar-refractivity contribution in [3.8, 4) is 0 Å². The monoisotopic (exact) mass is 309 g/mol. The molecular formula is C14H20ClN5O. The molecule has 1 aliphatic heterocycles. The molecular weight excluding hydrogens is 290 g/mol. The smallest absolute Gasteiger partial charge is 0.162 e. The number of hydrogen-bond acceptors (Lipinski definition) is 5. The van der Waals surface area contributed by atoms with Crippen molar-refractivity contribution in [1.82, 2.24) is 24.6 Å². The SMILES string of the molecule is COCC1CCN(Cc2nc(Cl)c3cnn(C)c3n2)CC1. The standard InChI is InChI=1S/C14H20ClN5O/c1-19-14-11(7-16-19)13(15)17-12(18-14)8-20-5-3-10(4-6-20)9-21-2/h7,10H,3-6,8-9H2,1-2H3. The van der Waals surface area contributed by atoms with Gasteiger partial charge in [-0.1, -0.05) is 11.6 Å². The Balaban J connectivity index is 1.69. The lowest BCUT2D eigenvalue weighted by atomic mass is 9.98. The van der Waals surface area contributed by atoms with Crippen LogP contribution in [-0.4, -0.2) is 51.5 Å². The number of halogens is 1. The van der Waals surface area contributed by atoms with Crippen LogP contribution in [0.5, 0.6) is 0 Å². The number of aryl methyl sites for hydroxylation is 1. The van der Waals surface area contributed by atoms with Crippen LogP contribution in [0.15, 0.2) is 6.20 Å². The van der Waals surface area contributed by atoms with Crippen molar-refractivity contribution in [2.75, 3.05) is 26.8 Å². The van der Waals surface area contributed by atoms with E-state index in [1.54, 1.807) is 18.0 Å². The summed E-state index contributed by atoms with van der Waals surface area (Å²) < 4.78 is 6.97. The van der Waals surface area contributed by atoms with Crippen molar-refractivity contribution >= 4 is 22.6 Å². The summed E-state index contributed by atoms with van der Waals surface area (Å²) in [7, 11) is 3.64. The maximum atomic E-state index is 6.22. The Bertz CT molecular complexity index is 621. The third kappa shape index (κ3) is 3.17. The zero-order chi connectivity index (χ0) is 14.8. The molecule has 0 amide bonds. The number of rotatable bonds is 4. The van der Waals surface area contributed by atoms with Crippen molar-refractivity contribution in [2.24, 2.45) is 13.0 Å². The Morgan fingerprint density at radius 2 is 2.10 bits per heavy atom. The third-order valence-corrected chi connectivity index (χ3v) is 4.35. The van der Waals surface area contributed by atoms with Gasteiger partial charge in [-0.05, 0) is 31.8 Å². The van der Waals surface area contributed by atoms with Crippen molar-refractivity contribution in [2.45, 2.75) is 19.4 Å². The number of likely N-dealkylation sites (tertiary alicyclic amines) is 1. The molecule has 2 aromatic rings. The Morgan fingerprint density at radius 3 is 2.81 bits per heavy atom. The number of methoxy groups -OCH3 is 1. The highest BCUT2D eigenvalue weighted by atomic mass is 35.5. The number of ether oxygens (including phenoxy) is 1. The summed E-state index contributed by atoms with van der Waals surface area (Å²) in [6.45, 7) is 3.70. The van der Waals surface area contributed by atoms with Gasteiger partial charge in [0.2, 0.25) is 0 Å². The highest BCUT2D eigenvalue weighted by molar-refractivity contribution is 6.33. The van der Waals surface area contributed by atoms with Gasteiger partial charge in [0, 0.05) is 20.8 Å².